The lowest BCUT2D eigenvalue weighted by Crippen LogP contribution is -2.54. The molecule has 1 N–H and O–H groups in total. The van der Waals surface area contributed by atoms with Crippen molar-refractivity contribution in [3.05, 3.63) is 101 Å². The minimum atomic E-state index is -4.60. The quantitative estimate of drug-likeness (QED) is 0.202. The highest BCUT2D eigenvalue weighted by molar-refractivity contribution is 7.80. The van der Waals surface area contributed by atoms with Gasteiger partial charge in [-0.05, 0) is 84.9 Å². The van der Waals surface area contributed by atoms with Gasteiger partial charge in [0.15, 0.2) is 5.11 Å². The van der Waals surface area contributed by atoms with Crippen molar-refractivity contribution in [3.63, 3.8) is 0 Å². The van der Waals surface area contributed by atoms with Gasteiger partial charge in [0.1, 0.15) is 5.57 Å². The summed E-state index contributed by atoms with van der Waals surface area (Å²) >= 11 is 5.13. The number of carbonyl (C=O) groups is 2. The van der Waals surface area contributed by atoms with Gasteiger partial charge in [-0.3, -0.25) is 19.8 Å². The first-order valence-corrected chi connectivity index (χ1v) is 11.7. The van der Waals surface area contributed by atoms with Gasteiger partial charge in [0.25, 0.3) is 11.8 Å². The molecule has 9 heteroatoms. The Kier molecular flexibility index (Phi) is 5.95. The van der Waals surface area contributed by atoms with Crippen LogP contribution >= 0.6 is 12.2 Å². The number of amides is 2. The summed E-state index contributed by atoms with van der Waals surface area (Å²) in [6, 6.07) is 20.1. The summed E-state index contributed by atoms with van der Waals surface area (Å²) in [4.78, 5) is 27.0. The normalized spacial score (nSPS) is 15.5. The molecular formula is C28H20F3N3O2S. The van der Waals surface area contributed by atoms with Crippen molar-refractivity contribution in [2.75, 3.05) is 4.90 Å². The SMILES string of the molecule is Cc1cc(/C=C2\C(=O)NC(=S)N(c3cccc(C(F)(F)F)c3)C2=O)c(C)n1-c1ccc2ccccc2c1. The Bertz CT molecular complexity index is 1640. The average Bonchev–Trinajstić information content (AvgIpc) is 3.13. The molecule has 1 aliphatic rings. The molecular weight excluding hydrogens is 499 g/mol. The predicted molar refractivity (Wildman–Crippen MR) is 140 cm³/mol. The number of nitrogens with one attached hydrogen (secondary N) is 1. The van der Waals surface area contributed by atoms with Gasteiger partial charge >= 0.3 is 6.18 Å². The second kappa shape index (κ2) is 9.01. The van der Waals surface area contributed by atoms with Crippen molar-refractivity contribution in [3.8, 4) is 5.69 Å². The van der Waals surface area contributed by atoms with Crippen LogP contribution in [0.2, 0.25) is 0 Å². The first-order chi connectivity index (χ1) is 17.5. The van der Waals surface area contributed by atoms with Gasteiger partial charge in [0, 0.05) is 17.1 Å². The van der Waals surface area contributed by atoms with Gasteiger partial charge in [-0.15, -0.1) is 0 Å². The van der Waals surface area contributed by atoms with Crippen LogP contribution in [-0.4, -0.2) is 21.5 Å². The fraction of sp³-hybridized carbons (Fsp3) is 0.107. The number of halogens is 3. The summed E-state index contributed by atoms with van der Waals surface area (Å²) in [6.45, 7) is 3.78. The van der Waals surface area contributed by atoms with Gasteiger partial charge in [-0.25, -0.2) is 0 Å². The highest BCUT2D eigenvalue weighted by Gasteiger charge is 2.37. The van der Waals surface area contributed by atoms with E-state index >= 15 is 0 Å². The van der Waals surface area contributed by atoms with E-state index in [1.807, 2.05) is 60.9 Å². The predicted octanol–water partition coefficient (Wildman–Crippen LogP) is 6.10. The maximum absolute atomic E-state index is 13.4. The van der Waals surface area contributed by atoms with E-state index in [4.69, 9.17) is 12.2 Å². The molecule has 186 valence electrons. The molecule has 0 aliphatic carbocycles. The second-order valence-electron chi connectivity index (χ2n) is 8.70. The van der Waals surface area contributed by atoms with Crippen LogP contribution in [0.25, 0.3) is 22.5 Å². The number of hydrogen-bond acceptors (Lipinski definition) is 3. The van der Waals surface area contributed by atoms with Crippen LogP contribution in [0.5, 0.6) is 0 Å². The van der Waals surface area contributed by atoms with Crippen LogP contribution in [0, 0.1) is 13.8 Å². The minimum absolute atomic E-state index is 0.0858. The number of nitrogens with zero attached hydrogens (tertiary/aromatic N) is 2. The third-order valence-electron chi connectivity index (χ3n) is 6.29. The lowest BCUT2D eigenvalue weighted by molar-refractivity contribution is -0.137. The van der Waals surface area contributed by atoms with E-state index < -0.39 is 23.6 Å². The number of benzene rings is 3. The molecule has 2 amide bonds. The molecule has 0 atom stereocenters. The number of carbonyl (C=O) groups excluding carboxylic acids is 2. The smallest absolute Gasteiger partial charge is 0.318 e. The molecule has 1 aromatic heterocycles. The van der Waals surface area contributed by atoms with Crippen LogP contribution < -0.4 is 10.2 Å². The van der Waals surface area contributed by atoms with Gasteiger partial charge in [-0.2, -0.15) is 13.2 Å². The zero-order valence-electron chi connectivity index (χ0n) is 19.8. The van der Waals surface area contributed by atoms with Crippen LogP contribution in [0.1, 0.15) is 22.5 Å². The minimum Gasteiger partial charge on any atom is -0.318 e. The van der Waals surface area contributed by atoms with Crippen LogP contribution in [0.15, 0.2) is 78.4 Å². The number of aromatic nitrogens is 1. The van der Waals surface area contributed by atoms with Gasteiger partial charge in [0.2, 0.25) is 0 Å². The van der Waals surface area contributed by atoms with Crippen molar-refractivity contribution in [2.45, 2.75) is 20.0 Å². The molecule has 5 nitrogen and oxygen atoms in total. The molecule has 5 rings (SSSR count). The van der Waals surface area contributed by atoms with E-state index in [9.17, 15) is 22.8 Å². The molecule has 2 heterocycles. The highest BCUT2D eigenvalue weighted by atomic mass is 32.1. The molecule has 0 radical (unpaired) electrons. The molecule has 0 bridgehead atoms. The maximum atomic E-state index is 13.4. The van der Waals surface area contributed by atoms with Crippen molar-refractivity contribution < 1.29 is 22.8 Å². The largest absolute Gasteiger partial charge is 0.416 e. The molecule has 0 spiro atoms. The zero-order valence-corrected chi connectivity index (χ0v) is 20.6. The number of rotatable bonds is 3. The van der Waals surface area contributed by atoms with Crippen molar-refractivity contribution in [1.29, 1.82) is 0 Å². The fourth-order valence-corrected chi connectivity index (χ4v) is 4.80. The van der Waals surface area contributed by atoms with Gasteiger partial charge < -0.3 is 4.57 Å². The summed E-state index contributed by atoms with van der Waals surface area (Å²) in [7, 11) is 0. The Labute approximate surface area is 215 Å². The summed E-state index contributed by atoms with van der Waals surface area (Å²) in [5.74, 6) is -1.52. The van der Waals surface area contributed by atoms with Crippen LogP contribution in [-0.2, 0) is 15.8 Å². The van der Waals surface area contributed by atoms with E-state index in [-0.39, 0.29) is 16.4 Å². The molecule has 1 aliphatic heterocycles. The lowest BCUT2D eigenvalue weighted by Gasteiger charge is -2.29. The summed E-state index contributed by atoms with van der Waals surface area (Å²) in [5, 5.41) is 4.31. The first-order valence-electron chi connectivity index (χ1n) is 11.3. The molecule has 1 fully saturated rings. The number of alkyl halides is 3. The third kappa shape index (κ3) is 4.42. The van der Waals surface area contributed by atoms with Crippen LogP contribution in [0.4, 0.5) is 18.9 Å². The Balaban J connectivity index is 1.55. The van der Waals surface area contributed by atoms with E-state index in [0.29, 0.717) is 5.56 Å². The van der Waals surface area contributed by atoms with Gasteiger partial charge in [-0.1, -0.05) is 36.4 Å². The van der Waals surface area contributed by atoms with E-state index in [2.05, 4.69) is 11.4 Å². The number of anilines is 1. The summed E-state index contributed by atoms with van der Waals surface area (Å²) in [5.41, 5.74) is 1.97. The van der Waals surface area contributed by atoms with Gasteiger partial charge in [0.05, 0.1) is 11.3 Å². The third-order valence-corrected chi connectivity index (χ3v) is 6.58. The monoisotopic (exact) mass is 519 g/mol. The summed E-state index contributed by atoms with van der Waals surface area (Å²) in [6.07, 6.45) is -3.15. The molecule has 0 unspecified atom stereocenters. The number of thiocarbonyl (C=S) groups is 1. The van der Waals surface area contributed by atoms with E-state index in [1.54, 1.807) is 0 Å². The van der Waals surface area contributed by atoms with Crippen LogP contribution in [0.3, 0.4) is 0 Å². The second-order valence-corrected chi connectivity index (χ2v) is 9.09. The maximum Gasteiger partial charge on any atom is 0.416 e. The highest BCUT2D eigenvalue weighted by Crippen LogP contribution is 2.33. The number of aryl methyl sites for hydroxylation is 1. The fourth-order valence-electron chi connectivity index (χ4n) is 4.52. The Morgan fingerprint density at radius 2 is 1.59 bits per heavy atom. The lowest BCUT2D eigenvalue weighted by atomic mass is 10.1. The topological polar surface area (TPSA) is 54.3 Å². The van der Waals surface area contributed by atoms with Crippen molar-refractivity contribution >= 4 is 51.7 Å². The summed E-state index contributed by atoms with van der Waals surface area (Å²) < 4.78 is 41.8. The van der Waals surface area contributed by atoms with E-state index in [0.717, 1.165) is 44.9 Å². The Morgan fingerprint density at radius 1 is 0.865 bits per heavy atom. The first kappa shape index (κ1) is 24.5. The van der Waals surface area contributed by atoms with Crippen molar-refractivity contribution in [2.24, 2.45) is 0 Å². The number of hydrogen-bond donors (Lipinski definition) is 1. The molecule has 3 aromatic carbocycles. The molecule has 0 saturated carbocycles. The number of fused-ring (bicyclic) bond motifs is 1. The Morgan fingerprint density at radius 3 is 2.32 bits per heavy atom. The molecule has 37 heavy (non-hydrogen) atoms. The zero-order chi connectivity index (χ0) is 26.5. The van der Waals surface area contributed by atoms with Crippen molar-refractivity contribution in [1.82, 2.24) is 9.88 Å². The molecule has 1 saturated heterocycles. The standard InChI is InChI=1S/C28H20F3N3O2S/c1-16-12-20(17(2)33(16)23-11-10-18-6-3-4-7-19(18)13-23)14-24-25(35)32-27(37)34(26(24)36)22-9-5-8-21(15-22)28(29,30)31/h3-15H,1-2H3,(H,32,35,37)/b24-14+. The molecule has 4 aromatic rings. The Hall–Kier alpha value is -4.24. The average molecular weight is 520 g/mol. The van der Waals surface area contributed by atoms with E-state index in [1.165, 1.54) is 18.2 Å².